The van der Waals surface area contributed by atoms with Gasteiger partial charge in [0.05, 0.1) is 6.54 Å². The van der Waals surface area contributed by atoms with Crippen LogP contribution in [-0.2, 0) is 0 Å². The lowest BCUT2D eigenvalue weighted by molar-refractivity contribution is 0.185. The molecule has 1 saturated heterocycles. The van der Waals surface area contributed by atoms with Gasteiger partial charge in [-0.25, -0.2) is 0 Å². The largest absolute Gasteiger partial charge is 0.489 e. The zero-order valence-corrected chi connectivity index (χ0v) is 16.9. The Hall–Kier alpha value is -1.75. The molecule has 1 aromatic rings. The Bertz CT molecular complexity index is 553. The van der Waals surface area contributed by atoms with Crippen LogP contribution in [0.25, 0.3) is 0 Å². The van der Waals surface area contributed by atoms with Crippen molar-refractivity contribution in [2.75, 3.05) is 39.8 Å². The molecule has 1 heterocycles. The first kappa shape index (κ1) is 20.6. The number of hydrogen-bond acceptors (Lipinski definition) is 3. The Labute approximate surface area is 159 Å². The first-order chi connectivity index (χ1) is 12.6. The van der Waals surface area contributed by atoms with E-state index in [2.05, 4.69) is 53.4 Å². The molecule has 0 spiro atoms. The van der Waals surface area contributed by atoms with Gasteiger partial charge in [0.15, 0.2) is 5.96 Å². The molecule has 0 saturated carbocycles. The van der Waals surface area contributed by atoms with E-state index in [4.69, 9.17) is 4.74 Å². The fourth-order valence-electron chi connectivity index (χ4n) is 3.40. The van der Waals surface area contributed by atoms with Crippen LogP contribution in [0.4, 0.5) is 0 Å². The number of aryl methyl sites for hydroxylation is 1. The van der Waals surface area contributed by atoms with E-state index in [1.807, 2.05) is 19.2 Å². The number of guanidine groups is 1. The topological polar surface area (TPSA) is 48.9 Å². The van der Waals surface area contributed by atoms with Crippen molar-refractivity contribution in [1.82, 2.24) is 15.5 Å². The second-order valence-corrected chi connectivity index (χ2v) is 7.36. The summed E-state index contributed by atoms with van der Waals surface area (Å²) in [6.45, 7) is 11.8. The molecule has 2 N–H and O–H groups in total. The van der Waals surface area contributed by atoms with Crippen LogP contribution in [0.15, 0.2) is 29.3 Å². The molecule has 26 heavy (non-hydrogen) atoms. The zero-order valence-electron chi connectivity index (χ0n) is 16.9. The van der Waals surface area contributed by atoms with Crippen LogP contribution in [0, 0.1) is 12.8 Å². The average Bonchev–Trinajstić information content (AvgIpc) is 2.63. The summed E-state index contributed by atoms with van der Waals surface area (Å²) < 4.78 is 5.97. The van der Waals surface area contributed by atoms with E-state index in [1.165, 1.54) is 44.5 Å². The molecule has 0 bridgehead atoms. The molecule has 2 rings (SSSR count). The molecule has 5 heteroatoms. The van der Waals surface area contributed by atoms with Crippen molar-refractivity contribution >= 4 is 5.96 Å². The molecular weight excluding hydrogens is 324 g/mol. The summed E-state index contributed by atoms with van der Waals surface area (Å²) in [6, 6.07) is 8.17. The van der Waals surface area contributed by atoms with Crippen LogP contribution in [0.3, 0.4) is 0 Å². The van der Waals surface area contributed by atoms with Gasteiger partial charge in [0.25, 0.3) is 0 Å². The minimum atomic E-state index is 0.0765. The van der Waals surface area contributed by atoms with Gasteiger partial charge in [-0.05, 0) is 76.4 Å². The molecular formula is C21H36N4O. The van der Waals surface area contributed by atoms with Crippen molar-refractivity contribution in [2.45, 2.75) is 46.1 Å². The van der Waals surface area contributed by atoms with Crippen molar-refractivity contribution in [3.05, 3.63) is 29.8 Å². The van der Waals surface area contributed by atoms with Gasteiger partial charge in [-0.15, -0.1) is 0 Å². The molecule has 146 valence electrons. The molecule has 1 aliphatic heterocycles. The third kappa shape index (κ3) is 7.24. The van der Waals surface area contributed by atoms with Crippen LogP contribution in [0.5, 0.6) is 5.75 Å². The highest BCUT2D eigenvalue weighted by Gasteiger charge is 2.18. The van der Waals surface area contributed by atoms with Crippen molar-refractivity contribution in [3.63, 3.8) is 0 Å². The van der Waals surface area contributed by atoms with Gasteiger partial charge >= 0.3 is 0 Å². The summed E-state index contributed by atoms with van der Waals surface area (Å²) in [5.41, 5.74) is 1.21. The Balaban J connectivity index is 1.66. The maximum Gasteiger partial charge on any atom is 0.191 e. The number of benzene rings is 1. The molecule has 1 aromatic carbocycles. The Morgan fingerprint density at radius 2 is 2.08 bits per heavy atom. The first-order valence-electron chi connectivity index (χ1n) is 10.0. The highest BCUT2D eigenvalue weighted by molar-refractivity contribution is 5.79. The Morgan fingerprint density at radius 1 is 1.31 bits per heavy atom. The predicted molar refractivity (Wildman–Crippen MR) is 110 cm³/mol. The van der Waals surface area contributed by atoms with E-state index in [0.717, 1.165) is 30.7 Å². The number of nitrogens with one attached hydrogen (secondary N) is 2. The van der Waals surface area contributed by atoms with Gasteiger partial charge in [-0.1, -0.05) is 19.1 Å². The quantitative estimate of drug-likeness (QED) is 0.553. The standard InChI is InChI=1S/C21H36N4O/c1-5-11-25-12-9-19(10-13-25)16-24-21(22-4)23-15-18(3)26-20-8-6-7-17(2)14-20/h6-8,14,18-19H,5,9-13,15-16H2,1-4H3,(H2,22,23,24). The number of piperidine rings is 1. The molecule has 0 aromatic heterocycles. The first-order valence-corrected chi connectivity index (χ1v) is 10.0. The van der Waals surface area contributed by atoms with Crippen molar-refractivity contribution in [3.8, 4) is 5.75 Å². The molecule has 0 aliphatic carbocycles. The molecule has 0 radical (unpaired) electrons. The van der Waals surface area contributed by atoms with E-state index in [-0.39, 0.29) is 6.10 Å². The minimum absolute atomic E-state index is 0.0765. The summed E-state index contributed by atoms with van der Waals surface area (Å²) in [6.07, 6.45) is 3.88. The lowest BCUT2D eigenvalue weighted by Gasteiger charge is -2.32. The third-order valence-electron chi connectivity index (χ3n) is 4.91. The summed E-state index contributed by atoms with van der Waals surface area (Å²) in [7, 11) is 1.82. The van der Waals surface area contributed by atoms with Gasteiger partial charge in [-0.3, -0.25) is 4.99 Å². The van der Waals surface area contributed by atoms with Crippen LogP contribution in [0.2, 0.25) is 0 Å². The molecule has 1 atom stereocenters. The van der Waals surface area contributed by atoms with E-state index < -0.39 is 0 Å². The average molecular weight is 361 g/mol. The van der Waals surface area contributed by atoms with Crippen LogP contribution in [0.1, 0.15) is 38.7 Å². The van der Waals surface area contributed by atoms with Crippen molar-refractivity contribution in [1.29, 1.82) is 0 Å². The number of ether oxygens (including phenoxy) is 1. The summed E-state index contributed by atoms with van der Waals surface area (Å²) in [5, 5.41) is 6.86. The molecule has 1 aliphatic rings. The van der Waals surface area contributed by atoms with Gasteiger partial charge in [0.2, 0.25) is 0 Å². The summed E-state index contributed by atoms with van der Waals surface area (Å²) in [4.78, 5) is 6.92. The highest BCUT2D eigenvalue weighted by atomic mass is 16.5. The molecule has 1 unspecified atom stereocenters. The zero-order chi connectivity index (χ0) is 18.8. The summed E-state index contributed by atoms with van der Waals surface area (Å²) in [5.74, 6) is 2.52. The van der Waals surface area contributed by atoms with Crippen LogP contribution in [-0.4, -0.2) is 56.7 Å². The van der Waals surface area contributed by atoms with Gasteiger partial charge < -0.3 is 20.3 Å². The summed E-state index contributed by atoms with van der Waals surface area (Å²) >= 11 is 0. The third-order valence-corrected chi connectivity index (χ3v) is 4.91. The second kappa shape index (κ2) is 11.1. The molecule has 0 amide bonds. The maximum absolute atomic E-state index is 5.97. The van der Waals surface area contributed by atoms with Gasteiger partial charge in [0, 0.05) is 13.6 Å². The van der Waals surface area contributed by atoms with Crippen molar-refractivity contribution in [2.24, 2.45) is 10.9 Å². The van der Waals surface area contributed by atoms with E-state index in [9.17, 15) is 0 Å². The number of hydrogen-bond donors (Lipinski definition) is 2. The molecule has 1 fully saturated rings. The lowest BCUT2D eigenvalue weighted by atomic mass is 9.97. The SMILES string of the molecule is CCCN1CCC(CNC(=NC)NCC(C)Oc2cccc(C)c2)CC1. The second-order valence-electron chi connectivity index (χ2n) is 7.36. The minimum Gasteiger partial charge on any atom is -0.489 e. The fourth-order valence-corrected chi connectivity index (χ4v) is 3.40. The Kier molecular flexibility index (Phi) is 8.75. The van der Waals surface area contributed by atoms with Crippen molar-refractivity contribution < 1.29 is 4.74 Å². The normalized spacial score (nSPS) is 17.8. The highest BCUT2D eigenvalue weighted by Crippen LogP contribution is 2.16. The molecule has 5 nitrogen and oxygen atoms in total. The van der Waals surface area contributed by atoms with Gasteiger partial charge in [-0.2, -0.15) is 0 Å². The number of nitrogens with zero attached hydrogens (tertiary/aromatic N) is 2. The fraction of sp³-hybridized carbons (Fsp3) is 0.667. The maximum atomic E-state index is 5.97. The number of likely N-dealkylation sites (tertiary alicyclic amines) is 1. The van der Waals surface area contributed by atoms with Crippen LogP contribution < -0.4 is 15.4 Å². The van der Waals surface area contributed by atoms with E-state index in [0.29, 0.717) is 0 Å². The Morgan fingerprint density at radius 3 is 2.73 bits per heavy atom. The van der Waals surface area contributed by atoms with Crippen LogP contribution >= 0.6 is 0 Å². The predicted octanol–water partition coefficient (Wildman–Crippen LogP) is 3.05. The number of aliphatic imine (C=N–C) groups is 1. The monoisotopic (exact) mass is 360 g/mol. The van der Waals surface area contributed by atoms with Gasteiger partial charge in [0.1, 0.15) is 11.9 Å². The number of rotatable bonds is 8. The van der Waals surface area contributed by atoms with E-state index in [1.54, 1.807) is 0 Å². The smallest absolute Gasteiger partial charge is 0.191 e. The lowest BCUT2D eigenvalue weighted by Crippen LogP contribution is -2.45. The van der Waals surface area contributed by atoms with E-state index >= 15 is 0 Å².